The van der Waals surface area contributed by atoms with Crippen LogP contribution in [0.15, 0.2) is 41.0 Å². The van der Waals surface area contributed by atoms with Gasteiger partial charge in [0, 0.05) is 13.1 Å². The first-order valence-electron chi connectivity index (χ1n) is 9.97. The quantitative estimate of drug-likeness (QED) is 0.625. The molecule has 1 aromatic heterocycles. The summed E-state index contributed by atoms with van der Waals surface area (Å²) in [4.78, 5) is 30.6. The van der Waals surface area contributed by atoms with Gasteiger partial charge in [0.2, 0.25) is 11.8 Å². The van der Waals surface area contributed by atoms with Gasteiger partial charge in [0.1, 0.15) is 12.9 Å². The monoisotopic (exact) mass is 401 g/mol. The van der Waals surface area contributed by atoms with Crippen LogP contribution in [0.25, 0.3) is 0 Å². The molecule has 0 aliphatic heterocycles. The van der Waals surface area contributed by atoms with E-state index in [0.717, 1.165) is 5.56 Å². The number of carbonyl (C=O) groups excluding carboxylic acids is 2. The molecule has 7 heteroatoms. The van der Waals surface area contributed by atoms with Gasteiger partial charge in [-0.15, -0.1) is 0 Å². The minimum atomic E-state index is -0.276. The summed E-state index contributed by atoms with van der Waals surface area (Å²) in [5, 5.41) is 2.80. The maximum absolute atomic E-state index is 12.6. The van der Waals surface area contributed by atoms with Crippen LogP contribution < -0.4 is 5.32 Å². The van der Waals surface area contributed by atoms with Crippen LogP contribution >= 0.6 is 0 Å². The van der Waals surface area contributed by atoms with Gasteiger partial charge < -0.3 is 19.4 Å². The zero-order chi connectivity index (χ0) is 21.2. The van der Waals surface area contributed by atoms with Crippen molar-refractivity contribution in [3.8, 4) is 0 Å². The van der Waals surface area contributed by atoms with Gasteiger partial charge in [-0.25, -0.2) is 4.98 Å². The zero-order valence-electron chi connectivity index (χ0n) is 17.7. The second-order valence-corrected chi connectivity index (χ2v) is 7.88. The van der Waals surface area contributed by atoms with E-state index in [-0.39, 0.29) is 36.6 Å². The number of ether oxygens (including phenoxy) is 1. The van der Waals surface area contributed by atoms with Crippen LogP contribution in [0.1, 0.15) is 49.6 Å². The van der Waals surface area contributed by atoms with Crippen LogP contribution in [-0.4, -0.2) is 41.4 Å². The lowest BCUT2D eigenvalue weighted by Gasteiger charge is -2.23. The molecule has 0 atom stereocenters. The van der Waals surface area contributed by atoms with Crippen LogP contribution in [0.4, 0.5) is 0 Å². The van der Waals surface area contributed by atoms with Crippen molar-refractivity contribution in [2.45, 2.75) is 40.8 Å². The Bertz CT molecular complexity index is 771. The van der Waals surface area contributed by atoms with E-state index < -0.39 is 0 Å². The van der Waals surface area contributed by atoms with Crippen molar-refractivity contribution in [2.75, 3.05) is 19.7 Å². The molecule has 0 saturated carbocycles. The van der Waals surface area contributed by atoms with Crippen molar-refractivity contribution in [1.82, 2.24) is 15.2 Å². The fraction of sp³-hybridized carbons (Fsp3) is 0.500. The molecular weight excluding hydrogens is 370 g/mol. The highest BCUT2D eigenvalue weighted by atomic mass is 16.5. The number of hydrogen-bond donors (Lipinski definition) is 1. The molecule has 0 aliphatic rings. The van der Waals surface area contributed by atoms with Crippen LogP contribution in [0.2, 0.25) is 0 Å². The predicted molar refractivity (Wildman–Crippen MR) is 110 cm³/mol. The molecule has 1 aromatic carbocycles. The summed E-state index contributed by atoms with van der Waals surface area (Å²) >= 11 is 0. The molecule has 1 heterocycles. The average Bonchev–Trinajstić information content (AvgIpc) is 3.14. The Morgan fingerprint density at radius 3 is 2.52 bits per heavy atom. The standard InChI is InChI=1S/C22H31N3O4/c1-16(2)10-23-22(27)19-14-29-20(24-19)12-25(11-17(3)4)21(26)15-28-13-18-8-6-5-7-9-18/h5-9,14,16-17H,10-13,15H2,1-4H3,(H,23,27). The highest BCUT2D eigenvalue weighted by molar-refractivity contribution is 5.91. The summed E-state index contributed by atoms with van der Waals surface area (Å²) in [5.41, 5.74) is 1.23. The fourth-order valence-corrected chi connectivity index (χ4v) is 2.66. The number of aromatic nitrogens is 1. The van der Waals surface area contributed by atoms with Crippen molar-refractivity contribution in [1.29, 1.82) is 0 Å². The second-order valence-electron chi connectivity index (χ2n) is 7.88. The maximum atomic E-state index is 12.6. The molecule has 158 valence electrons. The maximum Gasteiger partial charge on any atom is 0.273 e. The number of nitrogens with one attached hydrogen (secondary N) is 1. The molecule has 0 radical (unpaired) electrons. The van der Waals surface area contributed by atoms with Gasteiger partial charge in [-0.3, -0.25) is 9.59 Å². The van der Waals surface area contributed by atoms with Gasteiger partial charge in [0.05, 0.1) is 13.2 Å². The highest BCUT2D eigenvalue weighted by Crippen LogP contribution is 2.10. The van der Waals surface area contributed by atoms with E-state index in [9.17, 15) is 9.59 Å². The van der Waals surface area contributed by atoms with E-state index in [1.54, 1.807) is 4.90 Å². The molecular formula is C22H31N3O4. The van der Waals surface area contributed by atoms with E-state index in [1.165, 1.54) is 6.26 Å². The lowest BCUT2D eigenvalue weighted by molar-refractivity contribution is -0.138. The summed E-state index contributed by atoms with van der Waals surface area (Å²) in [6, 6.07) is 9.71. The van der Waals surface area contributed by atoms with Crippen molar-refractivity contribution in [3.63, 3.8) is 0 Å². The third-order valence-electron chi connectivity index (χ3n) is 4.06. The molecule has 0 unspecified atom stereocenters. The molecule has 0 fully saturated rings. The van der Waals surface area contributed by atoms with Crippen molar-refractivity contribution in [3.05, 3.63) is 53.7 Å². The van der Waals surface area contributed by atoms with Gasteiger partial charge in [0.25, 0.3) is 5.91 Å². The molecule has 2 rings (SSSR count). The Morgan fingerprint density at radius 2 is 1.86 bits per heavy atom. The summed E-state index contributed by atoms with van der Waals surface area (Å²) in [5.74, 6) is 0.536. The molecule has 0 bridgehead atoms. The van der Waals surface area contributed by atoms with E-state index in [2.05, 4.69) is 10.3 Å². The first kappa shape index (κ1) is 22.6. The van der Waals surface area contributed by atoms with E-state index in [0.29, 0.717) is 31.5 Å². The number of benzene rings is 1. The average molecular weight is 402 g/mol. The fourth-order valence-electron chi connectivity index (χ4n) is 2.66. The Hall–Kier alpha value is -2.67. The predicted octanol–water partition coefficient (Wildman–Crippen LogP) is 3.26. The highest BCUT2D eigenvalue weighted by Gasteiger charge is 2.20. The van der Waals surface area contributed by atoms with Crippen molar-refractivity contribution < 1.29 is 18.7 Å². The number of carbonyl (C=O) groups is 2. The molecule has 0 spiro atoms. The van der Waals surface area contributed by atoms with Gasteiger partial charge in [-0.1, -0.05) is 58.0 Å². The Balaban J connectivity index is 1.92. The topological polar surface area (TPSA) is 84.7 Å². The SMILES string of the molecule is CC(C)CNC(=O)c1coc(CN(CC(C)C)C(=O)COCc2ccccc2)n1. The molecule has 0 saturated heterocycles. The first-order chi connectivity index (χ1) is 13.8. The second kappa shape index (κ2) is 11.4. The van der Waals surface area contributed by atoms with E-state index >= 15 is 0 Å². The molecule has 0 aliphatic carbocycles. The van der Waals surface area contributed by atoms with Gasteiger partial charge in [-0.05, 0) is 17.4 Å². The van der Waals surface area contributed by atoms with Crippen molar-refractivity contribution >= 4 is 11.8 Å². The van der Waals surface area contributed by atoms with Gasteiger partial charge in [0.15, 0.2) is 5.69 Å². The largest absolute Gasteiger partial charge is 0.446 e. The molecule has 29 heavy (non-hydrogen) atoms. The zero-order valence-corrected chi connectivity index (χ0v) is 17.7. The number of hydrogen-bond acceptors (Lipinski definition) is 5. The normalized spacial score (nSPS) is 11.1. The first-order valence-corrected chi connectivity index (χ1v) is 9.97. The van der Waals surface area contributed by atoms with Crippen LogP contribution in [0, 0.1) is 11.8 Å². The third kappa shape index (κ3) is 8.07. The number of oxazole rings is 1. The summed E-state index contributed by atoms with van der Waals surface area (Å²) in [6.07, 6.45) is 1.33. The van der Waals surface area contributed by atoms with Crippen LogP contribution in [0.5, 0.6) is 0 Å². The van der Waals surface area contributed by atoms with Crippen LogP contribution in [-0.2, 0) is 22.7 Å². The Labute approximate surface area is 172 Å². The van der Waals surface area contributed by atoms with Gasteiger partial charge in [-0.2, -0.15) is 0 Å². The van der Waals surface area contributed by atoms with E-state index in [4.69, 9.17) is 9.15 Å². The summed E-state index contributed by atoms with van der Waals surface area (Å²) in [6.45, 7) is 9.77. The summed E-state index contributed by atoms with van der Waals surface area (Å²) in [7, 11) is 0. The lowest BCUT2D eigenvalue weighted by atomic mass is 10.2. The Morgan fingerprint density at radius 1 is 1.14 bits per heavy atom. The summed E-state index contributed by atoms with van der Waals surface area (Å²) < 4.78 is 11.0. The number of nitrogens with zero attached hydrogens (tertiary/aromatic N) is 2. The van der Waals surface area contributed by atoms with Gasteiger partial charge >= 0.3 is 0 Å². The smallest absolute Gasteiger partial charge is 0.273 e. The number of amides is 2. The van der Waals surface area contributed by atoms with Crippen LogP contribution in [0.3, 0.4) is 0 Å². The molecule has 7 nitrogen and oxygen atoms in total. The number of rotatable bonds is 11. The molecule has 1 N–H and O–H groups in total. The van der Waals surface area contributed by atoms with Crippen molar-refractivity contribution in [2.24, 2.45) is 11.8 Å². The minimum Gasteiger partial charge on any atom is -0.446 e. The minimum absolute atomic E-state index is 0.0238. The van der Waals surface area contributed by atoms with E-state index in [1.807, 2.05) is 58.0 Å². The Kier molecular flexibility index (Phi) is 8.86. The third-order valence-corrected chi connectivity index (χ3v) is 4.06. The molecule has 2 amide bonds. The molecule has 2 aromatic rings. The lowest BCUT2D eigenvalue weighted by Crippen LogP contribution is -2.36.